The molecule has 3 rings (SSSR count). The highest BCUT2D eigenvalue weighted by molar-refractivity contribution is 5.82. The Bertz CT molecular complexity index is 600. The molecule has 6 atom stereocenters. The van der Waals surface area contributed by atoms with Crippen molar-refractivity contribution in [2.75, 3.05) is 6.61 Å². The molecule has 2 aliphatic carbocycles. The number of unbranched alkanes of at least 4 members (excludes halogenated alkanes) is 1. The summed E-state index contributed by atoms with van der Waals surface area (Å²) in [6.07, 6.45) is 4.57. The van der Waals surface area contributed by atoms with Gasteiger partial charge in [-0.15, -0.1) is 0 Å². The van der Waals surface area contributed by atoms with E-state index in [1.165, 1.54) is 0 Å². The van der Waals surface area contributed by atoms with E-state index in [-0.39, 0.29) is 34.8 Å². The van der Waals surface area contributed by atoms with Crippen LogP contribution in [-0.2, 0) is 19.1 Å². The molecule has 0 aromatic carbocycles. The molecule has 0 aromatic rings. The lowest BCUT2D eigenvalue weighted by Crippen LogP contribution is -2.45. The number of esters is 2. The maximum atomic E-state index is 12.8. The van der Waals surface area contributed by atoms with Gasteiger partial charge in [0.05, 0.1) is 18.4 Å². The van der Waals surface area contributed by atoms with Crippen LogP contribution in [0.1, 0.15) is 46.0 Å². The third kappa shape index (κ3) is 3.28. The fourth-order valence-corrected chi connectivity index (χ4v) is 4.58. The summed E-state index contributed by atoms with van der Waals surface area (Å²) in [6, 6.07) is -0.634. The Morgan fingerprint density at radius 2 is 2.20 bits per heavy atom. The molecule has 1 heterocycles. The Hall–Kier alpha value is -1.92. The number of nitrogens with zero attached hydrogens (tertiary/aromatic N) is 1. The molecular weight excluding hydrogens is 326 g/mol. The van der Waals surface area contributed by atoms with Gasteiger partial charge in [-0.1, -0.05) is 25.0 Å². The normalized spacial score (nSPS) is 36.7. The van der Waals surface area contributed by atoms with Gasteiger partial charge in [-0.3, -0.25) is 19.7 Å². The quantitative estimate of drug-likeness (QED) is 0.248. The first kappa shape index (κ1) is 17.9. The van der Waals surface area contributed by atoms with Gasteiger partial charge < -0.3 is 9.47 Å². The number of fused-ring (bicyclic) bond motifs is 2. The van der Waals surface area contributed by atoms with E-state index in [4.69, 9.17) is 9.47 Å². The smallest absolute Gasteiger partial charge is 0.313 e. The van der Waals surface area contributed by atoms with E-state index in [1.807, 2.05) is 19.9 Å². The number of cyclic esters (lactones) is 1. The number of ether oxygens (including phenoxy) is 2. The summed E-state index contributed by atoms with van der Waals surface area (Å²) < 4.78 is 10.8. The molecule has 0 bridgehead atoms. The number of rotatable bonds is 5. The topological polar surface area (TPSA) is 95.7 Å². The Kier molecular flexibility index (Phi) is 5.11. The largest absolute Gasteiger partial charge is 0.465 e. The van der Waals surface area contributed by atoms with Crippen LogP contribution in [0.2, 0.25) is 0 Å². The van der Waals surface area contributed by atoms with Crippen molar-refractivity contribution >= 4 is 11.9 Å². The second-order valence-electron chi connectivity index (χ2n) is 7.36. The summed E-state index contributed by atoms with van der Waals surface area (Å²) in [4.78, 5) is 35.9. The van der Waals surface area contributed by atoms with Gasteiger partial charge >= 0.3 is 11.9 Å². The maximum absolute atomic E-state index is 12.8. The van der Waals surface area contributed by atoms with Crippen LogP contribution in [0.3, 0.4) is 0 Å². The average Bonchev–Trinajstić information content (AvgIpc) is 2.86. The van der Waals surface area contributed by atoms with Crippen molar-refractivity contribution in [2.24, 2.45) is 23.7 Å². The lowest BCUT2D eigenvalue weighted by atomic mass is 9.62. The van der Waals surface area contributed by atoms with Gasteiger partial charge in [-0.05, 0) is 25.7 Å². The van der Waals surface area contributed by atoms with Crippen molar-refractivity contribution in [1.29, 1.82) is 0 Å². The van der Waals surface area contributed by atoms with Crippen LogP contribution >= 0.6 is 0 Å². The van der Waals surface area contributed by atoms with Gasteiger partial charge in [0.2, 0.25) is 6.04 Å². The first-order valence-corrected chi connectivity index (χ1v) is 9.15. The van der Waals surface area contributed by atoms with Crippen LogP contribution in [0.4, 0.5) is 0 Å². The third-order valence-electron chi connectivity index (χ3n) is 5.84. The average molecular weight is 351 g/mol. The summed E-state index contributed by atoms with van der Waals surface area (Å²) in [5.41, 5.74) is 0.859. The highest BCUT2D eigenvalue weighted by atomic mass is 16.6. The lowest BCUT2D eigenvalue weighted by Gasteiger charge is -2.40. The summed E-state index contributed by atoms with van der Waals surface area (Å²) in [5, 5.41) is 11.2. The van der Waals surface area contributed by atoms with Crippen molar-refractivity contribution in [3.8, 4) is 0 Å². The van der Waals surface area contributed by atoms with Gasteiger partial charge in [0, 0.05) is 23.7 Å². The molecule has 138 valence electrons. The molecule has 0 N–H and O–H groups in total. The molecule has 2 fully saturated rings. The van der Waals surface area contributed by atoms with Crippen LogP contribution in [0.25, 0.3) is 0 Å². The molecule has 1 aliphatic heterocycles. The van der Waals surface area contributed by atoms with Crippen LogP contribution in [-0.4, -0.2) is 35.6 Å². The van der Waals surface area contributed by atoms with Crippen molar-refractivity contribution in [3.63, 3.8) is 0 Å². The van der Waals surface area contributed by atoms with Crippen LogP contribution in [0, 0.1) is 33.8 Å². The Labute approximate surface area is 146 Å². The monoisotopic (exact) mass is 351 g/mol. The zero-order valence-corrected chi connectivity index (χ0v) is 14.7. The molecule has 1 saturated carbocycles. The SMILES string of the molecule is CCCCOC(=O)[C@@H]1C2[C@@H](C)OC(=O)[C@@H]2C=C2C[C@H]([N+](=O)[O-])CC[C@H]21. The molecule has 1 saturated heterocycles. The van der Waals surface area contributed by atoms with Gasteiger partial charge in [-0.25, -0.2) is 0 Å². The zero-order valence-electron chi connectivity index (χ0n) is 14.7. The van der Waals surface area contributed by atoms with Gasteiger partial charge in [0.1, 0.15) is 6.10 Å². The molecule has 7 heteroatoms. The van der Waals surface area contributed by atoms with Gasteiger partial charge in [0.15, 0.2) is 0 Å². The molecule has 1 unspecified atom stereocenters. The van der Waals surface area contributed by atoms with E-state index in [0.717, 1.165) is 18.4 Å². The number of carbonyl (C=O) groups is 2. The van der Waals surface area contributed by atoms with Crippen molar-refractivity contribution in [3.05, 3.63) is 21.8 Å². The second kappa shape index (κ2) is 7.14. The fraction of sp³-hybridized carbons (Fsp3) is 0.778. The molecule has 0 radical (unpaired) electrons. The van der Waals surface area contributed by atoms with E-state index in [9.17, 15) is 19.7 Å². The molecule has 7 nitrogen and oxygen atoms in total. The van der Waals surface area contributed by atoms with E-state index in [1.54, 1.807) is 0 Å². The number of nitro groups is 1. The minimum atomic E-state index is -0.634. The first-order chi connectivity index (χ1) is 11.9. The Morgan fingerprint density at radius 1 is 1.44 bits per heavy atom. The van der Waals surface area contributed by atoms with Crippen molar-refractivity contribution in [2.45, 2.75) is 58.1 Å². The molecule has 25 heavy (non-hydrogen) atoms. The predicted octanol–water partition coefficient (Wildman–Crippen LogP) is 2.51. The van der Waals surface area contributed by atoms with E-state index >= 15 is 0 Å². The van der Waals surface area contributed by atoms with E-state index in [0.29, 0.717) is 25.9 Å². The van der Waals surface area contributed by atoms with Gasteiger partial charge in [-0.2, -0.15) is 0 Å². The number of hydrogen-bond donors (Lipinski definition) is 0. The van der Waals surface area contributed by atoms with Crippen molar-refractivity contribution in [1.82, 2.24) is 0 Å². The van der Waals surface area contributed by atoms with E-state index in [2.05, 4.69) is 0 Å². The molecule has 0 aromatic heterocycles. The van der Waals surface area contributed by atoms with Crippen LogP contribution in [0.5, 0.6) is 0 Å². The molecule has 0 amide bonds. The zero-order chi connectivity index (χ0) is 18.1. The molecule has 0 spiro atoms. The van der Waals surface area contributed by atoms with Gasteiger partial charge in [0.25, 0.3) is 0 Å². The highest BCUT2D eigenvalue weighted by Crippen LogP contribution is 2.50. The summed E-state index contributed by atoms with van der Waals surface area (Å²) in [6.45, 7) is 4.21. The fourth-order valence-electron chi connectivity index (χ4n) is 4.58. The summed E-state index contributed by atoms with van der Waals surface area (Å²) in [7, 11) is 0. The summed E-state index contributed by atoms with van der Waals surface area (Å²) in [5.74, 6) is -1.88. The maximum Gasteiger partial charge on any atom is 0.313 e. The van der Waals surface area contributed by atoms with E-state index < -0.39 is 17.9 Å². The number of hydrogen-bond acceptors (Lipinski definition) is 6. The number of carbonyl (C=O) groups excluding carboxylic acids is 2. The third-order valence-corrected chi connectivity index (χ3v) is 5.84. The Morgan fingerprint density at radius 3 is 2.88 bits per heavy atom. The minimum Gasteiger partial charge on any atom is -0.465 e. The van der Waals surface area contributed by atoms with Crippen molar-refractivity contribution < 1.29 is 24.0 Å². The minimum absolute atomic E-state index is 0.0801. The molecule has 3 aliphatic rings. The predicted molar refractivity (Wildman–Crippen MR) is 88.1 cm³/mol. The molecular formula is C18H25NO6. The van der Waals surface area contributed by atoms with Crippen LogP contribution in [0.15, 0.2) is 11.6 Å². The Balaban J connectivity index is 1.87. The standard InChI is InChI=1S/C18H25NO6/c1-3-4-7-24-18(21)16-13-6-5-12(19(22)23)8-11(13)9-14-15(16)10(2)25-17(14)20/h9-10,12-16H,3-8H2,1-2H3/t10-,12-,13-,14-,15?,16+/m1/s1. The first-order valence-electron chi connectivity index (χ1n) is 9.15. The van der Waals surface area contributed by atoms with Crippen LogP contribution < -0.4 is 0 Å². The highest BCUT2D eigenvalue weighted by Gasteiger charge is 2.55. The second-order valence-corrected chi connectivity index (χ2v) is 7.36. The lowest BCUT2D eigenvalue weighted by molar-refractivity contribution is -0.524. The summed E-state index contributed by atoms with van der Waals surface area (Å²) >= 11 is 0.